The first kappa shape index (κ1) is 14.2. The predicted molar refractivity (Wildman–Crippen MR) is 81.0 cm³/mol. The first-order chi connectivity index (χ1) is 8.19. The molecule has 17 heavy (non-hydrogen) atoms. The van der Waals surface area contributed by atoms with Crippen molar-refractivity contribution in [1.29, 1.82) is 0 Å². The minimum absolute atomic E-state index is 0.548. The van der Waals surface area contributed by atoms with Crippen molar-refractivity contribution in [3.8, 4) is 0 Å². The number of nitrogens with two attached hydrogens (primary N) is 1. The minimum Gasteiger partial charge on any atom is -0.330 e. The smallest absolute Gasteiger partial charge is 0.0600 e. The van der Waals surface area contributed by atoms with E-state index in [0.717, 1.165) is 6.54 Å². The Hall–Kier alpha value is -0.863. The molecule has 0 amide bonds. The molecule has 2 rings (SSSR count). The second-order valence-corrected chi connectivity index (χ2v) is 7.94. The van der Waals surface area contributed by atoms with Crippen LogP contribution in [0.1, 0.15) is 30.9 Å². The van der Waals surface area contributed by atoms with Crippen LogP contribution in [0.25, 0.3) is 6.08 Å². The summed E-state index contributed by atoms with van der Waals surface area (Å²) in [6.07, 6.45) is 6.00. The monoisotopic (exact) mass is 247 g/mol. The van der Waals surface area contributed by atoms with Crippen molar-refractivity contribution in [2.75, 3.05) is 6.54 Å². The molecule has 0 fully saturated rings. The largest absolute Gasteiger partial charge is 0.330 e. The Morgan fingerprint density at radius 3 is 2.41 bits per heavy atom. The molecule has 1 aromatic rings. The summed E-state index contributed by atoms with van der Waals surface area (Å²) in [4.78, 5) is 0. The molecule has 94 valence electrons. The van der Waals surface area contributed by atoms with Gasteiger partial charge in [0.15, 0.2) is 0 Å². The van der Waals surface area contributed by atoms with E-state index < -0.39 is 8.80 Å². The first-order valence-corrected chi connectivity index (χ1v) is 9.56. The molecule has 0 aliphatic heterocycles. The van der Waals surface area contributed by atoms with Crippen LogP contribution in [-0.4, -0.2) is 15.3 Å². The fourth-order valence-electron chi connectivity index (χ4n) is 1.88. The van der Waals surface area contributed by atoms with E-state index in [2.05, 4.69) is 50.4 Å². The van der Waals surface area contributed by atoms with Gasteiger partial charge >= 0.3 is 0 Å². The third-order valence-electron chi connectivity index (χ3n) is 3.09. The molecule has 0 radical (unpaired) electrons. The number of hydrogen-bond acceptors (Lipinski definition) is 1. The molecule has 0 unspecified atom stereocenters. The van der Waals surface area contributed by atoms with Crippen molar-refractivity contribution in [1.82, 2.24) is 0 Å². The molecular formula is C15H25NSi. The number of benzene rings is 1. The van der Waals surface area contributed by atoms with Gasteiger partial charge in [-0.2, -0.15) is 0 Å². The molecule has 0 heterocycles. The summed E-state index contributed by atoms with van der Waals surface area (Å²) in [5.41, 5.74) is 8.11. The molecule has 0 bridgehead atoms. The highest BCUT2D eigenvalue weighted by Crippen LogP contribution is 2.25. The van der Waals surface area contributed by atoms with Crippen LogP contribution in [0.15, 0.2) is 29.5 Å². The Morgan fingerprint density at radius 2 is 1.94 bits per heavy atom. The third-order valence-corrected chi connectivity index (χ3v) is 4.94. The molecule has 0 aromatic heterocycles. The van der Waals surface area contributed by atoms with Crippen LogP contribution in [0.5, 0.6) is 0 Å². The molecule has 2 heteroatoms. The molecule has 0 saturated heterocycles. The van der Waals surface area contributed by atoms with E-state index in [0.29, 0.717) is 0 Å². The molecule has 0 atom stereocenters. The summed E-state index contributed by atoms with van der Waals surface area (Å²) < 4.78 is 0. The summed E-state index contributed by atoms with van der Waals surface area (Å²) in [5.74, 6) is 0. The third kappa shape index (κ3) is 4.48. The van der Waals surface area contributed by atoms with Crippen LogP contribution in [0.3, 0.4) is 0 Å². The summed E-state index contributed by atoms with van der Waals surface area (Å²) in [7, 11) is -0.548. The van der Waals surface area contributed by atoms with E-state index in [-0.39, 0.29) is 0 Å². The number of hydrogen-bond donors (Lipinski definition) is 1. The van der Waals surface area contributed by atoms with Gasteiger partial charge in [0.05, 0.1) is 8.80 Å². The first-order valence-electron chi connectivity index (χ1n) is 6.67. The van der Waals surface area contributed by atoms with Crippen LogP contribution >= 0.6 is 0 Å². The fourth-order valence-corrected chi connectivity index (χ4v) is 3.02. The quantitative estimate of drug-likeness (QED) is 0.814. The SMILES string of the molecule is CCCCN.C[SiH](C)C1=Cc2ccccc2C1. The normalized spacial score (nSPS) is 12.9. The van der Waals surface area contributed by atoms with Gasteiger partial charge in [0.2, 0.25) is 0 Å². The van der Waals surface area contributed by atoms with Gasteiger partial charge in [-0.05, 0) is 30.5 Å². The zero-order valence-corrected chi connectivity index (χ0v) is 12.5. The molecule has 0 spiro atoms. The van der Waals surface area contributed by atoms with E-state index in [9.17, 15) is 0 Å². The Bertz CT molecular complexity index is 367. The van der Waals surface area contributed by atoms with Gasteiger partial charge in [-0.1, -0.05) is 62.0 Å². The zero-order chi connectivity index (χ0) is 12.7. The zero-order valence-electron chi connectivity index (χ0n) is 11.4. The highest BCUT2D eigenvalue weighted by atomic mass is 28.3. The van der Waals surface area contributed by atoms with Crippen molar-refractivity contribution in [2.45, 2.75) is 39.3 Å². The van der Waals surface area contributed by atoms with Crippen molar-refractivity contribution >= 4 is 14.9 Å². The maximum atomic E-state index is 5.14. The molecule has 1 aliphatic rings. The topological polar surface area (TPSA) is 26.0 Å². The van der Waals surface area contributed by atoms with E-state index >= 15 is 0 Å². The van der Waals surface area contributed by atoms with E-state index in [1.165, 1.54) is 30.4 Å². The number of unbranched alkanes of at least 4 members (excludes halogenated alkanes) is 1. The minimum atomic E-state index is -0.548. The van der Waals surface area contributed by atoms with E-state index in [4.69, 9.17) is 5.73 Å². The van der Waals surface area contributed by atoms with Crippen molar-refractivity contribution in [3.63, 3.8) is 0 Å². The van der Waals surface area contributed by atoms with Gasteiger partial charge in [0, 0.05) is 0 Å². The van der Waals surface area contributed by atoms with Crippen LogP contribution < -0.4 is 5.73 Å². The average molecular weight is 247 g/mol. The maximum Gasteiger partial charge on any atom is 0.0600 e. The molecule has 0 saturated carbocycles. The van der Waals surface area contributed by atoms with E-state index in [1.807, 2.05) is 0 Å². The summed E-state index contributed by atoms with van der Waals surface area (Å²) in [6.45, 7) is 7.78. The van der Waals surface area contributed by atoms with E-state index in [1.54, 1.807) is 5.20 Å². The molecule has 1 aromatic carbocycles. The van der Waals surface area contributed by atoms with Gasteiger partial charge < -0.3 is 5.73 Å². The van der Waals surface area contributed by atoms with Crippen LogP contribution in [0.2, 0.25) is 13.1 Å². The highest BCUT2D eigenvalue weighted by Gasteiger charge is 2.13. The van der Waals surface area contributed by atoms with Crippen molar-refractivity contribution < 1.29 is 0 Å². The van der Waals surface area contributed by atoms with Crippen molar-refractivity contribution in [3.05, 3.63) is 40.6 Å². The van der Waals surface area contributed by atoms with Gasteiger partial charge in [-0.3, -0.25) is 0 Å². The Labute approximate surface area is 107 Å². The maximum absolute atomic E-state index is 5.14. The lowest BCUT2D eigenvalue weighted by Crippen LogP contribution is -2.04. The lowest BCUT2D eigenvalue weighted by atomic mass is 10.1. The van der Waals surface area contributed by atoms with Crippen LogP contribution in [0.4, 0.5) is 0 Å². The standard InChI is InChI=1S/C11H14Si.C4H11N/c1-12(2)11-7-9-5-3-4-6-10(9)8-11;1-2-3-4-5/h3-7,12H,8H2,1-2H3;2-5H2,1H3. The fraction of sp³-hybridized carbons (Fsp3) is 0.467. The van der Waals surface area contributed by atoms with Gasteiger partial charge in [-0.15, -0.1) is 0 Å². The molecule has 1 nitrogen and oxygen atoms in total. The number of allylic oxidation sites excluding steroid dienone is 1. The Kier molecular flexibility index (Phi) is 6.23. The van der Waals surface area contributed by atoms with Crippen LogP contribution in [0, 0.1) is 0 Å². The molecule has 2 N–H and O–H groups in total. The van der Waals surface area contributed by atoms with Crippen molar-refractivity contribution in [2.24, 2.45) is 5.73 Å². The van der Waals surface area contributed by atoms with Gasteiger partial charge in [-0.25, -0.2) is 0 Å². The number of rotatable bonds is 3. The average Bonchev–Trinajstić information content (AvgIpc) is 2.74. The lowest BCUT2D eigenvalue weighted by Gasteiger charge is -2.02. The summed E-state index contributed by atoms with van der Waals surface area (Å²) in [5, 5.41) is 1.70. The molecule has 1 aliphatic carbocycles. The lowest BCUT2D eigenvalue weighted by molar-refractivity contribution is 0.807. The summed E-state index contributed by atoms with van der Waals surface area (Å²) in [6, 6.07) is 8.73. The second-order valence-electron chi connectivity index (χ2n) is 4.89. The van der Waals surface area contributed by atoms with Crippen LogP contribution in [-0.2, 0) is 6.42 Å². The summed E-state index contributed by atoms with van der Waals surface area (Å²) >= 11 is 0. The second kappa shape index (κ2) is 7.46. The molecular weight excluding hydrogens is 222 g/mol. The predicted octanol–water partition coefficient (Wildman–Crippen LogP) is 3.40. The number of fused-ring (bicyclic) bond motifs is 1. The Morgan fingerprint density at radius 1 is 1.24 bits per heavy atom. The van der Waals surface area contributed by atoms with Gasteiger partial charge in [0.1, 0.15) is 0 Å². The highest BCUT2D eigenvalue weighted by molar-refractivity contribution is 6.65. The van der Waals surface area contributed by atoms with Gasteiger partial charge in [0.25, 0.3) is 0 Å². The Balaban J connectivity index is 0.000000249.